The van der Waals surface area contributed by atoms with Gasteiger partial charge in [-0.25, -0.2) is 23.1 Å². The van der Waals surface area contributed by atoms with E-state index in [-0.39, 0.29) is 23.7 Å². The van der Waals surface area contributed by atoms with Crippen molar-refractivity contribution >= 4 is 33.6 Å². The molecule has 2 N–H and O–H groups in total. The summed E-state index contributed by atoms with van der Waals surface area (Å²) in [5.41, 5.74) is 5.59. The first-order valence-corrected chi connectivity index (χ1v) is 14.1. The van der Waals surface area contributed by atoms with Crippen LogP contribution in [-0.4, -0.2) is 64.0 Å². The van der Waals surface area contributed by atoms with Crippen LogP contribution in [0.15, 0.2) is 35.1 Å². The molecule has 4 heterocycles. The van der Waals surface area contributed by atoms with E-state index < -0.39 is 10.0 Å². The van der Waals surface area contributed by atoms with E-state index in [1.54, 1.807) is 4.90 Å². The van der Waals surface area contributed by atoms with E-state index in [2.05, 4.69) is 57.0 Å². The highest BCUT2D eigenvalue weighted by Gasteiger charge is 2.35. The van der Waals surface area contributed by atoms with Gasteiger partial charge in [0.2, 0.25) is 16.0 Å². The molecule has 37 heavy (non-hydrogen) atoms. The molecule has 2 aliphatic rings. The van der Waals surface area contributed by atoms with Crippen LogP contribution < -0.4 is 10.0 Å². The molecule has 11 nitrogen and oxygen atoms in total. The van der Waals surface area contributed by atoms with E-state index in [9.17, 15) is 13.2 Å². The van der Waals surface area contributed by atoms with E-state index >= 15 is 0 Å². The Kier molecular flexibility index (Phi) is 6.63. The maximum Gasteiger partial charge on any atom is 0.309 e. The molecule has 196 valence electrons. The van der Waals surface area contributed by atoms with Gasteiger partial charge in [0, 0.05) is 49.2 Å². The molecule has 0 aliphatic carbocycles. The van der Waals surface area contributed by atoms with Crippen LogP contribution in [0, 0.1) is 13.8 Å². The number of sulfonamides is 1. The van der Waals surface area contributed by atoms with Crippen molar-refractivity contribution < 1.29 is 17.6 Å². The predicted molar refractivity (Wildman–Crippen MR) is 139 cm³/mol. The third kappa shape index (κ3) is 5.75. The number of nitrogens with zero attached hydrogens (tertiary/aromatic N) is 5. The molecule has 1 fully saturated rings. The normalized spacial score (nSPS) is 20.1. The van der Waals surface area contributed by atoms with Crippen molar-refractivity contribution in [2.75, 3.05) is 22.8 Å². The number of amides is 1. The number of carbonyl (C=O) groups is 1. The van der Waals surface area contributed by atoms with Gasteiger partial charge < -0.3 is 14.6 Å². The van der Waals surface area contributed by atoms with Crippen LogP contribution in [0.1, 0.15) is 52.6 Å². The number of benzene rings is 1. The fourth-order valence-electron chi connectivity index (χ4n) is 5.18. The smallest absolute Gasteiger partial charge is 0.309 e. The Balaban J connectivity index is 1.20. The molecule has 2 aliphatic heterocycles. The molecule has 0 saturated carbocycles. The van der Waals surface area contributed by atoms with Crippen molar-refractivity contribution in [1.29, 1.82) is 0 Å². The average molecular weight is 526 g/mol. The topological polar surface area (TPSA) is 134 Å². The van der Waals surface area contributed by atoms with Crippen molar-refractivity contribution in [3.05, 3.63) is 58.7 Å². The van der Waals surface area contributed by atoms with Gasteiger partial charge in [0.25, 0.3) is 5.91 Å². The Bertz CT molecular complexity index is 1420. The standard InChI is InChI=1S/C25H31N7O4S/c1-15-7-16(2)9-19(8-15)27-24-26-11-18-12-31(13-21(18)28-24)20-5-6-32(17(3)10-20)23(33)22-14-36-25(29-22)30-37(4,34)35/h7-9,11,14,17,20H,5-6,10,12-13H2,1-4H3,(H,29,30)(H,26,27,28)/t17-,20-/m1/s1. The SMILES string of the molecule is Cc1cc(C)cc(Nc2ncc3c(n2)CN([C@@H]2CCN(C(=O)c4coc(NS(C)(=O)=O)n4)[C@H](C)C2)C3)c1. The number of likely N-dealkylation sites (tertiary alicyclic amines) is 1. The fourth-order valence-corrected chi connectivity index (χ4v) is 5.59. The monoisotopic (exact) mass is 525 g/mol. The molecule has 0 unspecified atom stereocenters. The minimum absolute atomic E-state index is 0.00847. The second-order valence-corrected chi connectivity index (χ2v) is 11.8. The molecule has 3 aromatic rings. The third-order valence-corrected chi connectivity index (χ3v) is 7.33. The fraction of sp³-hybridized carbons (Fsp3) is 0.440. The lowest BCUT2D eigenvalue weighted by atomic mass is 9.96. The third-order valence-electron chi connectivity index (χ3n) is 6.78. The van der Waals surface area contributed by atoms with E-state index in [0.29, 0.717) is 18.5 Å². The molecule has 2 aromatic heterocycles. The summed E-state index contributed by atoms with van der Waals surface area (Å²) in [6.45, 7) is 8.26. The van der Waals surface area contributed by atoms with Gasteiger partial charge in [0.1, 0.15) is 6.26 Å². The first kappa shape index (κ1) is 25.2. The van der Waals surface area contributed by atoms with E-state index in [1.807, 2.05) is 13.1 Å². The van der Waals surface area contributed by atoms with Gasteiger partial charge >= 0.3 is 6.01 Å². The lowest BCUT2D eigenvalue weighted by molar-refractivity contribution is 0.0455. The van der Waals surface area contributed by atoms with Crippen LogP contribution in [0.25, 0.3) is 0 Å². The highest BCUT2D eigenvalue weighted by Crippen LogP contribution is 2.31. The number of nitrogens with one attached hydrogen (secondary N) is 2. The highest BCUT2D eigenvalue weighted by molar-refractivity contribution is 7.91. The number of anilines is 3. The zero-order valence-corrected chi connectivity index (χ0v) is 22.2. The number of hydrogen-bond acceptors (Lipinski definition) is 9. The Labute approximate surface area is 216 Å². The minimum atomic E-state index is -3.54. The Morgan fingerprint density at radius 1 is 1.14 bits per heavy atom. The first-order chi connectivity index (χ1) is 17.5. The zero-order chi connectivity index (χ0) is 26.3. The van der Waals surface area contributed by atoms with Crippen molar-refractivity contribution in [2.45, 2.75) is 58.8 Å². The number of rotatable bonds is 6. The van der Waals surface area contributed by atoms with E-state index in [4.69, 9.17) is 9.40 Å². The molecule has 1 amide bonds. The number of hydrogen-bond donors (Lipinski definition) is 2. The highest BCUT2D eigenvalue weighted by atomic mass is 32.2. The van der Waals surface area contributed by atoms with Crippen molar-refractivity contribution in [1.82, 2.24) is 24.8 Å². The molecule has 5 rings (SSSR count). The number of piperidine rings is 1. The van der Waals surface area contributed by atoms with E-state index in [1.165, 1.54) is 17.4 Å². The molecule has 0 radical (unpaired) electrons. The van der Waals surface area contributed by atoms with Gasteiger partial charge in [-0.15, -0.1) is 0 Å². The van der Waals surface area contributed by atoms with Crippen LogP contribution in [0.4, 0.5) is 17.7 Å². The maximum atomic E-state index is 13.0. The zero-order valence-electron chi connectivity index (χ0n) is 21.4. The molecular weight excluding hydrogens is 494 g/mol. The lowest BCUT2D eigenvalue weighted by Gasteiger charge is -2.40. The van der Waals surface area contributed by atoms with Crippen LogP contribution in [-0.2, 0) is 23.1 Å². The Hall–Kier alpha value is -3.51. The number of fused-ring (bicyclic) bond motifs is 1. The Morgan fingerprint density at radius 3 is 2.59 bits per heavy atom. The van der Waals surface area contributed by atoms with Crippen molar-refractivity contribution in [2.24, 2.45) is 0 Å². The second-order valence-electron chi connectivity index (χ2n) is 10.0. The molecule has 12 heteroatoms. The van der Waals surface area contributed by atoms with Gasteiger partial charge in [-0.3, -0.25) is 9.69 Å². The summed E-state index contributed by atoms with van der Waals surface area (Å²) in [6, 6.07) is 6.37. The summed E-state index contributed by atoms with van der Waals surface area (Å²) >= 11 is 0. The van der Waals surface area contributed by atoms with Gasteiger partial charge in [0.05, 0.1) is 11.9 Å². The molecule has 1 saturated heterocycles. The largest absolute Gasteiger partial charge is 0.431 e. The second kappa shape index (κ2) is 9.75. The summed E-state index contributed by atoms with van der Waals surface area (Å²) in [7, 11) is -3.54. The average Bonchev–Trinajstić information content (AvgIpc) is 3.43. The van der Waals surface area contributed by atoms with Gasteiger partial charge in [-0.05, 0) is 56.9 Å². The maximum absolute atomic E-state index is 13.0. The van der Waals surface area contributed by atoms with Gasteiger partial charge in [-0.2, -0.15) is 4.98 Å². The lowest BCUT2D eigenvalue weighted by Crippen LogP contribution is -2.50. The summed E-state index contributed by atoms with van der Waals surface area (Å²) < 4.78 is 30.0. The quantitative estimate of drug-likeness (QED) is 0.497. The van der Waals surface area contributed by atoms with Crippen molar-refractivity contribution in [3.8, 4) is 0 Å². The molecule has 1 aromatic carbocycles. The van der Waals surface area contributed by atoms with Crippen molar-refractivity contribution in [3.63, 3.8) is 0 Å². The number of carbonyl (C=O) groups excluding carboxylic acids is 1. The number of aromatic nitrogens is 3. The number of aryl methyl sites for hydroxylation is 2. The van der Waals surface area contributed by atoms with Crippen LogP contribution >= 0.6 is 0 Å². The summed E-state index contributed by atoms with van der Waals surface area (Å²) in [5.74, 6) is 0.325. The Morgan fingerprint density at radius 2 is 1.89 bits per heavy atom. The van der Waals surface area contributed by atoms with E-state index in [0.717, 1.165) is 49.1 Å². The van der Waals surface area contributed by atoms with Crippen LogP contribution in [0.3, 0.4) is 0 Å². The summed E-state index contributed by atoms with van der Waals surface area (Å²) in [5, 5.41) is 3.33. The van der Waals surface area contributed by atoms with Gasteiger partial charge in [-0.1, -0.05) is 6.07 Å². The minimum Gasteiger partial charge on any atom is -0.431 e. The number of oxazole rings is 1. The summed E-state index contributed by atoms with van der Waals surface area (Å²) in [4.78, 5) is 30.5. The molecular formula is C25H31N7O4S. The molecule has 0 spiro atoms. The van der Waals surface area contributed by atoms with Gasteiger partial charge in [0.15, 0.2) is 5.69 Å². The molecule has 2 atom stereocenters. The van der Waals surface area contributed by atoms with Crippen LogP contribution in [0.5, 0.6) is 0 Å². The molecule has 0 bridgehead atoms. The van der Waals surface area contributed by atoms with Crippen LogP contribution in [0.2, 0.25) is 0 Å². The summed E-state index contributed by atoms with van der Waals surface area (Å²) in [6.07, 6.45) is 5.72. The first-order valence-electron chi connectivity index (χ1n) is 12.2. The predicted octanol–water partition coefficient (Wildman–Crippen LogP) is 3.21.